The number of rotatable bonds is 5. The number of carbonyl (C=O) groups is 1. The fourth-order valence-electron chi connectivity index (χ4n) is 2.43. The van der Waals surface area contributed by atoms with Gasteiger partial charge in [0.25, 0.3) is 0 Å². The summed E-state index contributed by atoms with van der Waals surface area (Å²) in [7, 11) is 0. The zero-order valence-electron chi connectivity index (χ0n) is 12.4. The summed E-state index contributed by atoms with van der Waals surface area (Å²) >= 11 is 0. The zero-order valence-corrected chi connectivity index (χ0v) is 13.2. The van der Waals surface area contributed by atoms with Crippen molar-refractivity contribution < 1.29 is 18.3 Å². The summed E-state index contributed by atoms with van der Waals surface area (Å²) in [5.41, 5.74) is 0.734. The maximum absolute atomic E-state index is 12.2. The van der Waals surface area contributed by atoms with E-state index in [-0.39, 0.29) is 36.1 Å². The lowest BCUT2D eigenvalue weighted by molar-refractivity contribution is -0.124. The highest BCUT2D eigenvalue weighted by atomic mass is 35.5. The molecule has 4 nitrogen and oxygen atoms in total. The average molecular weight is 335 g/mol. The predicted octanol–water partition coefficient (Wildman–Crippen LogP) is 3.03. The Kier molecular flexibility index (Phi) is 7.55. The first-order valence-corrected chi connectivity index (χ1v) is 7.15. The second-order valence-corrected chi connectivity index (χ2v) is 5.18. The van der Waals surface area contributed by atoms with E-state index in [0.717, 1.165) is 31.4 Å². The van der Waals surface area contributed by atoms with Gasteiger partial charge in [0.15, 0.2) is 0 Å². The van der Waals surface area contributed by atoms with E-state index in [2.05, 4.69) is 15.4 Å². The number of alkyl halides is 2. The van der Waals surface area contributed by atoms with Gasteiger partial charge in [0.2, 0.25) is 5.91 Å². The lowest BCUT2D eigenvalue weighted by atomic mass is 10.0. The van der Waals surface area contributed by atoms with E-state index in [1.165, 1.54) is 12.1 Å². The van der Waals surface area contributed by atoms with Crippen LogP contribution in [0.15, 0.2) is 24.3 Å². The van der Waals surface area contributed by atoms with Crippen LogP contribution in [0.4, 0.5) is 8.78 Å². The normalized spacial score (nSPS) is 19.2. The van der Waals surface area contributed by atoms with Crippen LogP contribution in [0.5, 0.6) is 5.75 Å². The molecular weight excluding hydrogens is 314 g/mol. The fourth-order valence-corrected chi connectivity index (χ4v) is 2.43. The Morgan fingerprint density at radius 1 is 1.41 bits per heavy atom. The maximum Gasteiger partial charge on any atom is 0.387 e. The second kappa shape index (κ2) is 8.90. The molecule has 1 fully saturated rings. The lowest BCUT2D eigenvalue weighted by Crippen LogP contribution is -2.47. The Hall–Kier alpha value is -1.40. The summed E-state index contributed by atoms with van der Waals surface area (Å²) < 4.78 is 28.8. The molecule has 2 unspecified atom stereocenters. The first kappa shape index (κ1) is 18.6. The molecular formula is C15H21ClF2N2O2. The van der Waals surface area contributed by atoms with Gasteiger partial charge in [-0.3, -0.25) is 4.79 Å². The van der Waals surface area contributed by atoms with E-state index < -0.39 is 6.61 Å². The minimum absolute atomic E-state index is 0. The number of hydrogen-bond donors (Lipinski definition) is 2. The third-order valence-corrected chi connectivity index (χ3v) is 3.57. The summed E-state index contributed by atoms with van der Waals surface area (Å²) in [4.78, 5) is 12.1. The van der Waals surface area contributed by atoms with Gasteiger partial charge in [-0.1, -0.05) is 18.6 Å². The van der Waals surface area contributed by atoms with Crippen molar-refractivity contribution in [3.8, 4) is 5.75 Å². The van der Waals surface area contributed by atoms with Crippen LogP contribution >= 0.6 is 12.4 Å². The highest BCUT2D eigenvalue weighted by Crippen LogP contribution is 2.21. The summed E-state index contributed by atoms with van der Waals surface area (Å²) in [5, 5.41) is 6.08. The van der Waals surface area contributed by atoms with Crippen LogP contribution in [0.2, 0.25) is 0 Å². The monoisotopic (exact) mass is 334 g/mol. The van der Waals surface area contributed by atoms with E-state index in [1.54, 1.807) is 12.1 Å². The molecule has 1 heterocycles. The predicted molar refractivity (Wildman–Crippen MR) is 82.5 cm³/mol. The molecule has 2 rings (SSSR count). The van der Waals surface area contributed by atoms with Crippen molar-refractivity contribution in [1.29, 1.82) is 0 Å². The molecule has 1 aliphatic rings. The summed E-state index contributed by atoms with van der Waals surface area (Å²) in [5.74, 6) is 0.0433. The quantitative estimate of drug-likeness (QED) is 0.870. The van der Waals surface area contributed by atoms with E-state index >= 15 is 0 Å². The summed E-state index contributed by atoms with van der Waals surface area (Å²) in [6.07, 6.45) is 2.95. The third kappa shape index (κ3) is 5.42. The second-order valence-electron chi connectivity index (χ2n) is 5.18. The molecule has 22 heavy (non-hydrogen) atoms. The fraction of sp³-hybridized carbons (Fsp3) is 0.533. The molecule has 1 aliphatic heterocycles. The number of hydrogen-bond acceptors (Lipinski definition) is 3. The maximum atomic E-state index is 12.2. The van der Waals surface area contributed by atoms with Crippen LogP contribution in [0.1, 0.15) is 37.8 Å². The minimum atomic E-state index is -2.85. The topological polar surface area (TPSA) is 50.4 Å². The Balaban J connectivity index is 0.00000242. The highest BCUT2D eigenvalue weighted by molar-refractivity contribution is 5.85. The Bertz CT molecular complexity index is 482. The molecule has 1 saturated heterocycles. The van der Waals surface area contributed by atoms with Crippen LogP contribution in [0.3, 0.4) is 0 Å². The van der Waals surface area contributed by atoms with Crippen molar-refractivity contribution in [2.75, 3.05) is 6.54 Å². The van der Waals surface area contributed by atoms with Gasteiger partial charge in [-0.2, -0.15) is 8.78 Å². The van der Waals surface area contributed by atoms with Crippen LogP contribution in [-0.4, -0.2) is 25.1 Å². The average Bonchev–Trinajstić information content (AvgIpc) is 2.47. The smallest absolute Gasteiger partial charge is 0.387 e. The standard InChI is InChI=1S/C15H20F2N2O2.ClH/c1-10(19-14(20)13-7-2-3-8-18-13)11-5-4-6-12(9-11)21-15(16)17;/h4-6,9-10,13,15,18H,2-3,7-8H2,1H3,(H,19,20);1H. The van der Waals surface area contributed by atoms with Crippen molar-refractivity contribution in [3.63, 3.8) is 0 Å². The SMILES string of the molecule is CC(NC(=O)C1CCCCN1)c1cccc(OC(F)F)c1.Cl. The van der Waals surface area contributed by atoms with Crippen molar-refractivity contribution >= 4 is 18.3 Å². The molecule has 0 radical (unpaired) electrons. The number of benzene rings is 1. The minimum Gasteiger partial charge on any atom is -0.435 e. The van der Waals surface area contributed by atoms with Crippen molar-refractivity contribution in [3.05, 3.63) is 29.8 Å². The van der Waals surface area contributed by atoms with Gasteiger partial charge in [-0.25, -0.2) is 0 Å². The molecule has 124 valence electrons. The Labute approximate surface area is 135 Å². The van der Waals surface area contributed by atoms with Gasteiger partial charge in [0, 0.05) is 0 Å². The van der Waals surface area contributed by atoms with E-state index in [9.17, 15) is 13.6 Å². The molecule has 0 spiro atoms. The van der Waals surface area contributed by atoms with Crippen molar-refractivity contribution in [2.24, 2.45) is 0 Å². The number of piperidine rings is 1. The molecule has 0 aromatic heterocycles. The van der Waals surface area contributed by atoms with Crippen LogP contribution in [0, 0.1) is 0 Å². The molecule has 7 heteroatoms. The molecule has 1 aromatic rings. The molecule has 2 N–H and O–H groups in total. The summed E-state index contributed by atoms with van der Waals surface area (Å²) in [6.45, 7) is -0.177. The van der Waals surface area contributed by atoms with Gasteiger partial charge in [0.05, 0.1) is 12.1 Å². The summed E-state index contributed by atoms with van der Waals surface area (Å²) in [6, 6.07) is 5.97. The van der Waals surface area contributed by atoms with Gasteiger partial charge >= 0.3 is 6.61 Å². The lowest BCUT2D eigenvalue weighted by Gasteiger charge is -2.24. The number of carbonyl (C=O) groups excluding carboxylic acids is 1. The third-order valence-electron chi connectivity index (χ3n) is 3.57. The molecule has 0 aliphatic carbocycles. The first-order valence-electron chi connectivity index (χ1n) is 7.15. The van der Waals surface area contributed by atoms with Crippen LogP contribution < -0.4 is 15.4 Å². The number of halogens is 3. The largest absolute Gasteiger partial charge is 0.435 e. The molecule has 2 atom stereocenters. The van der Waals surface area contributed by atoms with Crippen molar-refractivity contribution in [1.82, 2.24) is 10.6 Å². The molecule has 1 aromatic carbocycles. The van der Waals surface area contributed by atoms with Gasteiger partial charge < -0.3 is 15.4 Å². The number of amides is 1. The van der Waals surface area contributed by atoms with Crippen molar-refractivity contribution in [2.45, 2.75) is 44.9 Å². The molecule has 0 saturated carbocycles. The number of ether oxygens (including phenoxy) is 1. The Morgan fingerprint density at radius 3 is 2.82 bits per heavy atom. The van der Waals surface area contributed by atoms with Gasteiger partial charge in [-0.15, -0.1) is 12.4 Å². The first-order chi connectivity index (χ1) is 10.1. The number of nitrogens with one attached hydrogen (secondary N) is 2. The van der Waals surface area contributed by atoms with Crippen LogP contribution in [0.25, 0.3) is 0 Å². The van der Waals surface area contributed by atoms with Gasteiger partial charge in [0.1, 0.15) is 5.75 Å². The van der Waals surface area contributed by atoms with Gasteiger partial charge in [-0.05, 0) is 44.0 Å². The van der Waals surface area contributed by atoms with E-state index in [4.69, 9.17) is 0 Å². The molecule has 1 amide bonds. The van der Waals surface area contributed by atoms with Crippen LogP contribution in [-0.2, 0) is 4.79 Å². The highest BCUT2D eigenvalue weighted by Gasteiger charge is 2.22. The zero-order chi connectivity index (χ0) is 15.2. The Morgan fingerprint density at radius 2 is 2.18 bits per heavy atom. The molecule has 0 bridgehead atoms. The van der Waals surface area contributed by atoms with E-state index in [0.29, 0.717) is 0 Å². The van der Waals surface area contributed by atoms with E-state index in [1.807, 2.05) is 6.92 Å².